The molecule has 0 aromatic heterocycles. The van der Waals surface area contributed by atoms with Crippen molar-refractivity contribution in [3.63, 3.8) is 0 Å². The first-order chi connectivity index (χ1) is 5.99. The molecule has 3 atom stereocenters. The molecule has 74 valence electrons. The summed E-state index contributed by atoms with van der Waals surface area (Å²) in [6, 6.07) is 0. The number of carbonyl (C=O) groups excluding carboxylic acids is 1. The number of hydrogen-bond acceptors (Lipinski definition) is 2. The molecule has 1 heterocycles. The zero-order chi connectivity index (χ0) is 9.64. The summed E-state index contributed by atoms with van der Waals surface area (Å²) in [6.45, 7) is 8.16. The maximum Gasteiger partial charge on any atom is 0.224 e. The molecular formula is C10H18N2O. The van der Waals surface area contributed by atoms with E-state index < -0.39 is 0 Å². The van der Waals surface area contributed by atoms with Crippen LogP contribution in [0.1, 0.15) is 20.8 Å². The Balaban J connectivity index is 1.87. The van der Waals surface area contributed by atoms with Crippen LogP contribution in [0, 0.1) is 17.8 Å². The molecule has 1 aliphatic carbocycles. The summed E-state index contributed by atoms with van der Waals surface area (Å²) in [7, 11) is 0. The minimum Gasteiger partial charge on any atom is -0.351 e. The van der Waals surface area contributed by atoms with Crippen LogP contribution in [0.15, 0.2) is 0 Å². The van der Waals surface area contributed by atoms with Gasteiger partial charge in [-0.2, -0.15) is 0 Å². The van der Waals surface area contributed by atoms with E-state index in [2.05, 4.69) is 10.6 Å². The second kappa shape index (κ2) is 2.71. The fourth-order valence-corrected chi connectivity index (χ4v) is 2.26. The van der Waals surface area contributed by atoms with Gasteiger partial charge in [-0.05, 0) is 45.7 Å². The maximum atomic E-state index is 11.7. The molecule has 2 N–H and O–H groups in total. The summed E-state index contributed by atoms with van der Waals surface area (Å²) < 4.78 is 0. The van der Waals surface area contributed by atoms with Crippen LogP contribution in [-0.4, -0.2) is 24.5 Å². The normalized spacial score (nSPS) is 37.0. The minimum atomic E-state index is -0.0819. The van der Waals surface area contributed by atoms with Crippen molar-refractivity contribution >= 4 is 5.91 Å². The van der Waals surface area contributed by atoms with Crippen LogP contribution in [0.2, 0.25) is 0 Å². The number of carbonyl (C=O) groups is 1. The van der Waals surface area contributed by atoms with E-state index in [1.54, 1.807) is 0 Å². The quantitative estimate of drug-likeness (QED) is 0.615. The lowest BCUT2D eigenvalue weighted by molar-refractivity contribution is -0.124. The van der Waals surface area contributed by atoms with Crippen LogP contribution >= 0.6 is 0 Å². The fourth-order valence-electron chi connectivity index (χ4n) is 2.26. The third-order valence-electron chi connectivity index (χ3n) is 2.89. The predicted molar refractivity (Wildman–Crippen MR) is 51.2 cm³/mol. The van der Waals surface area contributed by atoms with Gasteiger partial charge in [-0.25, -0.2) is 0 Å². The minimum absolute atomic E-state index is 0.0819. The summed E-state index contributed by atoms with van der Waals surface area (Å²) in [4.78, 5) is 11.7. The zero-order valence-corrected chi connectivity index (χ0v) is 8.55. The van der Waals surface area contributed by atoms with Crippen LogP contribution in [0.3, 0.4) is 0 Å². The lowest BCUT2D eigenvalue weighted by Crippen LogP contribution is -2.42. The highest BCUT2D eigenvalue weighted by atomic mass is 16.2. The van der Waals surface area contributed by atoms with E-state index in [-0.39, 0.29) is 11.4 Å². The van der Waals surface area contributed by atoms with Crippen molar-refractivity contribution in [1.82, 2.24) is 10.6 Å². The van der Waals surface area contributed by atoms with Gasteiger partial charge in [0.25, 0.3) is 0 Å². The SMILES string of the molecule is CC(C)(C)NC(=O)C1C2CNC[C@H]21. The Bertz CT molecular complexity index is 222. The van der Waals surface area contributed by atoms with Gasteiger partial charge in [0.15, 0.2) is 0 Å². The smallest absolute Gasteiger partial charge is 0.224 e. The first kappa shape index (κ1) is 9.00. The molecule has 2 unspecified atom stereocenters. The van der Waals surface area contributed by atoms with E-state index in [1.807, 2.05) is 20.8 Å². The number of amides is 1. The van der Waals surface area contributed by atoms with Gasteiger partial charge in [0.1, 0.15) is 0 Å². The Morgan fingerprint density at radius 3 is 2.31 bits per heavy atom. The van der Waals surface area contributed by atoms with Crippen LogP contribution in [0.4, 0.5) is 0 Å². The molecule has 3 heteroatoms. The summed E-state index contributed by atoms with van der Waals surface area (Å²) in [5, 5.41) is 6.33. The Morgan fingerprint density at radius 2 is 1.85 bits per heavy atom. The van der Waals surface area contributed by atoms with E-state index in [9.17, 15) is 4.79 Å². The van der Waals surface area contributed by atoms with Gasteiger partial charge < -0.3 is 10.6 Å². The van der Waals surface area contributed by atoms with Crippen molar-refractivity contribution in [2.45, 2.75) is 26.3 Å². The Kier molecular flexibility index (Phi) is 1.88. The number of nitrogens with one attached hydrogen (secondary N) is 2. The average molecular weight is 182 g/mol. The Hall–Kier alpha value is -0.570. The molecular weight excluding hydrogens is 164 g/mol. The molecule has 1 saturated heterocycles. The molecule has 0 radical (unpaired) electrons. The van der Waals surface area contributed by atoms with E-state index in [4.69, 9.17) is 0 Å². The Labute approximate surface area is 79.3 Å². The molecule has 1 amide bonds. The molecule has 0 aromatic carbocycles. The molecule has 1 saturated carbocycles. The van der Waals surface area contributed by atoms with Gasteiger partial charge in [0.2, 0.25) is 5.91 Å². The largest absolute Gasteiger partial charge is 0.351 e. The van der Waals surface area contributed by atoms with Crippen molar-refractivity contribution in [2.75, 3.05) is 13.1 Å². The second-order valence-electron chi connectivity index (χ2n) is 5.25. The van der Waals surface area contributed by atoms with Crippen molar-refractivity contribution < 1.29 is 4.79 Å². The first-order valence-electron chi connectivity index (χ1n) is 5.02. The standard InChI is InChI=1S/C10H18N2O/c1-10(2,3)12-9(13)8-6-4-11-5-7(6)8/h6-8,11H,4-5H2,1-3H3,(H,12,13)/t6-,7?,8?/m1/s1. The highest BCUT2D eigenvalue weighted by Crippen LogP contribution is 2.48. The number of fused-ring (bicyclic) bond motifs is 1. The van der Waals surface area contributed by atoms with Gasteiger partial charge in [0, 0.05) is 11.5 Å². The summed E-state index contributed by atoms with van der Waals surface area (Å²) in [5.74, 6) is 1.81. The van der Waals surface area contributed by atoms with Gasteiger partial charge >= 0.3 is 0 Å². The summed E-state index contributed by atoms with van der Waals surface area (Å²) >= 11 is 0. The number of rotatable bonds is 1. The molecule has 3 nitrogen and oxygen atoms in total. The van der Waals surface area contributed by atoms with Crippen LogP contribution in [0.25, 0.3) is 0 Å². The van der Waals surface area contributed by atoms with E-state index in [1.165, 1.54) is 0 Å². The molecule has 2 aliphatic rings. The van der Waals surface area contributed by atoms with E-state index in [0.717, 1.165) is 13.1 Å². The first-order valence-corrected chi connectivity index (χ1v) is 5.02. The number of piperidine rings is 1. The molecule has 0 bridgehead atoms. The van der Waals surface area contributed by atoms with Crippen LogP contribution in [-0.2, 0) is 4.79 Å². The summed E-state index contributed by atoms with van der Waals surface area (Å²) in [5.41, 5.74) is -0.0819. The third-order valence-corrected chi connectivity index (χ3v) is 2.89. The zero-order valence-electron chi connectivity index (χ0n) is 8.55. The van der Waals surface area contributed by atoms with Crippen molar-refractivity contribution in [3.05, 3.63) is 0 Å². The Morgan fingerprint density at radius 1 is 1.31 bits per heavy atom. The van der Waals surface area contributed by atoms with Crippen LogP contribution in [0.5, 0.6) is 0 Å². The van der Waals surface area contributed by atoms with E-state index >= 15 is 0 Å². The monoisotopic (exact) mass is 182 g/mol. The molecule has 13 heavy (non-hydrogen) atoms. The second-order valence-corrected chi connectivity index (χ2v) is 5.25. The van der Waals surface area contributed by atoms with Gasteiger partial charge in [-0.3, -0.25) is 4.79 Å². The topological polar surface area (TPSA) is 41.1 Å². The lowest BCUT2D eigenvalue weighted by Gasteiger charge is -2.21. The van der Waals surface area contributed by atoms with Gasteiger partial charge in [-0.1, -0.05) is 0 Å². The fraction of sp³-hybridized carbons (Fsp3) is 0.900. The molecule has 0 spiro atoms. The summed E-state index contributed by atoms with van der Waals surface area (Å²) in [6.07, 6.45) is 0. The maximum absolute atomic E-state index is 11.7. The lowest BCUT2D eigenvalue weighted by atomic mass is 10.1. The van der Waals surface area contributed by atoms with Gasteiger partial charge in [-0.15, -0.1) is 0 Å². The predicted octanol–water partition coefficient (Wildman–Crippen LogP) is 0.366. The highest BCUT2D eigenvalue weighted by molar-refractivity contribution is 5.83. The van der Waals surface area contributed by atoms with Crippen molar-refractivity contribution in [1.29, 1.82) is 0 Å². The number of hydrogen-bond donors (Lipinski definition) is 2. The van der Waals surface area contributed by atoms with Crippen molar-refractivity contribution in [3.8, 4) is 0 Å². The molecule has 0 aromatic rings. The van der Waals surface area contributed by atoms with Crippen LogP contribution < -0.4 is 10.6 Å². The highest BCUT2D eigenvalue weighted by Gasteiger charge is 2.57. The van der Waals surface area contributed by atoms with E-state index in [0.29, 0.717) is 17.8 Å². The average Bonchev–Trinajstić information content (AvgIpc) is 2.44. The molecule has 2 fully saturated rings. The van der Waals surface area contributed by atoms with Gasteiger partial charge in [0.05, 0.1) is 0 Å². The molecule has 2 rings (SSSR count). The molecule has 1 aliphatic heterocycles. The van der Waals surface area contributed by atoms with Crippen molar-refractivity contribution in [2.24, 2.45) is 17.8 Å². The third kappa shape index (κ3) is 1.70.